The Hall–Kier alpha value is -1.08. The van der Waals surface area contributed by atoms with Crippen molar-refractivity contribution in [2.45, 2.75) is 6.54 Å². The Morgan fingerprint density at radius 1 is 1.00 bits per heavy atom. The molecule has 2 heterocycles. The minimum Gasteiger partial charge on any atom is -1.00 e. The first-order valence-electron chi connectivity index (χ1n) is 6.59. The fraction of sp³-hybridized carbons (Fsp3) is 0.125. The maximum absolute atomic E-state index is 5.77. The molecule has 0 aliphatic rings. The molecule has 2 aromatic heterocycles. The van der Waals surface area contributed by atoms with E-state index in [1.165, 1.54) is 10.4 Å². The van der Waals surface area contributed by atoms with Gasteiger partial charge >= 0.3 is 0 Å². The van der Waals surface area contributed by atoms with Crippen molar-refractivity contribution in [3.63, 3.8) is 0 Å². The molecule has 0 saturated heterocycles. The van der Waals surface area contributed by atoms with Gasteiger partial charge in [0.05, 0.1) is 0 Å². The number of benzene rings is 1. The zero-order valence-corrected chi connectivity index (χ0v) is 15.7. The molecule has 0 fully saturated rings. The van der Waals surface area contributed by atoms with Crippen LogP contribution in [-0.4, -0.2) is 6.61 Å². The van der Waals surface area contributed by atoms with Crippen LogP contribution in [0.25, 0.3) is 10.4 Å². The van der Waals surface area contributed by atoms with Crippen LogP contribution >= 0.6 is 32.9 Å². The maximum atomic E-state index is 5.77. The van der Waals surface area contributed by atoms with Gasteiger partial charge in [0.2, 0.25) is 0 Å². The number of ether oxygens (including phenoxy) is 1. The van der Waals surface area contributed by atoms with Crippen molar-refractivity contribution < 1.29 is 26.3 Å². The van der Waals surface area contributed by atoms with Crippen molar-refractivity contribution in [2.24, 2.45) is 0 Å². The first kappa shape index (κ1) is 17.3. The van der Waals surface area contributed by atoms with E-state index in [1.54, 1.807) is 20.7 Å². The number of nitrogens with zero attached hydrogens (tertiary/aromatic N) is 1. The van der Waals surface area contributed by atoms with Gasteiger partial charge in [-0.25, -0.2) is 4.57 Å². The molecule has 3 rings (SSSR count). The third-order valence-electron chi connectivity index (χ3n) is 3.00. The van der Waals surface area contributed by atoms with Gasteiger partial charge in [0.25, 0.3) is 0 Å². The van der Waals surface area contributed by atoms with Gasteiger partial charge in [-0.15, -0.1) is 0 Å². The summed E-state index contributed by atoms with van der Waals surface area (Å²) < 4.78 is 8.81. The van der Waals surface area contributed by atoms with Gasteiger partial charge < -0.3 is 21.7 Å². The topological polar surface area (TPSA) is 13.1 Å². The molecule has 0 aliphatic carbocycles. The molecule has 1 aromatic carbocycles. The highest BCUT2D eigenvalue weighted by Crippen LogP contribution is 2.30. The van der Waals surface area contributed by atoms with E-state index >= 15 is 0 Å². The van der Waals surface area contributed by atoms with Gasteiger partial charge in [-0.1, -0.05) is 39.0 Å². The largest absolute Gasteiger partial charge is 1.00 e. The Labute approximate surface area is 152 Å². The number of hydrogen-bond donors (Lipinski definition) is 0. The van der Waals surface area contributed by atoms with Crippen molar-refractivity contribution in [3.05, 3.63) is 64.7 Å². The van der Waals surface area contributed by atoms with Gasteiger partial charge in [-0.2, -0.15) is 0 Å². The minimum atomic E-state index is 0. The van der Waals surface area contributed by atoms with Crippen LogP contribution in [0.15, 0.2) is 60.9 Å². The molecular weight excluding hydrogens is 398 g/mol. The Kier molecular flexibility index (Phi) is 6.70. The lowest BCUT2D eigenvalue weighted by Gasteiger charge is -2.05. The van der Waals surface area contributed by atoms with Gasteiger partial charge in [0.15, 0.2) is 18.9 Å². The van der Waals surface area contributed by atoms with Gasteiger partial charge in [-0.3, -0.25) is 0 Å². The fourth-order valence-electron chi connectivity index (χ4n) is 1.94. The summed E-state index contributed by atoms with van der Waals surface area (Å²) in [5.74, 6) is 0.897. The molecule has 0 aliphatic heterocycles. The highest BCUT2D eigenvalue weighted by molar-refractivity contribution is 7.80. The Bertz CT molecular complexity index is 753. The fourth-order valence-corrected chi connectivity index (χ4v) is 4.34. The number of hydrogen-bond acceptors (Lipinski definition) is 4. The second-order valence-corrected chi connectivity index (χ2v) is 7.39. The first-order chi connectivity index (χ1) is 10.3. The van der Waals surface area contributed by atoms with Crippen LogP contribution in [0.5, 0.6) is 5.75 Å². The van der Waals surface area contributed by atoms with E-state index in [2.05, 4.69) is 16.7 Å². The van der Waals surface area contributed by atoms with E-state index in [-0.39, 0.29) is 17.0 Å². The minimum absolute atomic E-state index is 0. The van der Waals surface area contributed by atoms with E-state index < -0.39 is 0 Å². The Morgan fingerprint density at radius 3 is 2.36 bits per heavy atom. The number of aromatic nitrogens is 1. The number of halogens is 1. The summed E-state index contributed by atoms with van der Waals surface area (Å²) in [4.78, 5) is 1.22. The average Bonchev–Trinajstić information content (AvgIpc) is 2.96. The van der Waals surface area contributed by atoms with Gasteiger partial charge in [0.1, 0.15) is 16.2 Å². The number of rotatable bonds is 5. The summed E-state index contributed by atoms with van der Waals surface area (Å²) in [5.41, 5.74) is 1.19. The third-order valence-corrected chi connectivity index (χ3v) is 5.91. The normalized spacial score (nSPS) is 10.0. The predicted octanol–water partition coefficient (Wildman–Crippen LogP) is 1.58. The third kappa shape index (κ3) is 4.71. The van der Waals surface area contributed by atoms with E-state index in [9.17, 15) is 0 Å². The standard InChI is InChI=1S/C16H14NOS3.BrH/c19-16-12-15(20-21-16)13-4-6-14(7-5-13)18-11-10-17-8-2-1-3-9-17;/h1-9,12H,10-11H2;1H/q+1;/p-1. The van der Waals surface area contributed by atoms with E-state index in [0.717, 1.165) is 16.1 Å². The quantitative estimate of drug-likeness (QED) is 0.359. The summed E-state index contributed by atoms with van der Waals surface area (Å²) >= 11 is 5.16. The van der Waals surface area contributed by atoms with Crippen LogP contribution in [0.1, 0.15) is 0 Å². The van der Waals surface area contributed by atoms with Crippen molar-refractivity contribution >= 4 is 32.9 Å². The molecule has 0 N–H and O–H groups in total. The van der Waals surface area contributed by atoms with Crippen LogP contribution < -0.4 is 26.3 Å². The molecule has 0 unspecified atom stereocenters. The molecule has 0 bridgehead atoms. The van der Waals surface area contributed by atoms with Crippen LogP contribution in [0, 0.1) is 3.82 Å². The molecule has 0 saturated carbocycles. The predicted molar refractivity (Wildman–Crippen MR) is 90.6 cm³/mol. The summed E-state index contributed by atoms with van der Waals surface area (Å²) in [7, 11) is 3.35. The van der Waals surface area contributed by atoms with E-state index in [4.69, 9.17) is 17.0 Å². The zero-order valence-electron chi connectivity index (χ0n) is 11.6. The second-order valence-electron chi connectivity index (χ2n) is 4.48. The first-order valence-corrected chi connectivity index (χ1v) is 9.14. The van der Waals surface area contributed by atoms with Crippen molar-refractivity contribution in [3.8, 4) is 16.2 Å². The molecule has 6 heteroatoms. The SMILES string of the molecule is S=c1cc(-c2ccc(OCC[n+]3ccccc3)cc2)ss1.[Br-]. The lowest BCUT2D eigenvalue weighted by Crippen LogP contribution is -3.00. The molecule has 2 nitrogen and oxygen atoms in total. The monoisotopic (exact) mass is 411 g/mol. The summed E-state index contributed by atoms with van der Waals surface area (Å²) in [6, 6.07) is 16.3. The van der Waals surface area contributed by atoms with E-state index in [0.29, 0.717) is 6.61 Å². The summed E-state index contributed by atoms with van der Waals surface area (Å²) in [5, 5.41) is 0. The number of pyridine rings is 1. The molecule has 0 atom stereocenters. The van der Waals surface area contributed by atoms with Crippen LogP contribution in [0.2, 0.25) is 0 Å². The van der Waals surface area contributed by atoms with E-state index in [1.807, 2.05) is 48.8 Å². The Balaban J connectivity index is 0.00000176. The van der Waals surface area contributed by atoms with Gasteiger partial charge in [0, 0.05) is 17.0 Å². The summed E-state index contributed by atoms with van der Waals surface area (Å²) in [6.07, 6.45) is 4.08. The zero-order chi connectivity index (χ0) is 14.5. The molecule has 0 radical (unpaired) electrons. The molecule has 114 valence electrons. The average molecular weight is 412 g/mol. The van der Waals surface area contributed by atoms with Crippen LogP contribution in [0.3, 0.4) is 0 Å². The van der Waals surface area contributed by atoms with Gasteiger partial charge in [-0.05, 0) is 35.9 Å². The van der Waals surface area contributed by atoms with Crippen molar-refractivity contribution in [2.75, 3.05) is 6.61 Å². The summed E-state index contributed by atoms with van der Waals surface area (Å²) in [6.45, 7) is 1.50. The van der Waals surface area contributed by atoms with Crippen molar-refractivity contribution in [1.82, 2.24) is 0 Å². The van der Waals surface area contributed by atoms with Crippen molar-refractivity contribution in [1.29, 1.82) is 0 Å². The molecule has 0 amide bonds. The highest BCUT2D eigenvalue weighted by Gasteiger charge is 2.02. The molecule has 22 heavy (non-hydrogen) atoms. The second kappa shape index (κ2) is 8.53. The molecule has 0 spiro atoms. The van der Waals surface area contributed by atoms with Crippen LogP contribution in [-0.2, 0) is 6.54 Å². The van der Waals surface area contributed by atoms with Crippen LogP contribution in [0.4, 0.5) is 0 Å². The molecule has 3 aromatic rings. The lowest BCUT2D eigenvalue weighted by molar-refractivity contribution is -0.697. The molecular formula is C16H14BrNOS3. The Morgan fingerprint density at radius 2 is 1.73 bits per heavy atom. The lowest BCUT2D eigenvalue weighted by atomic mass is 10.2. The highest BCUT2D eigenvalue weighted by atomic mass is 79.9. The maximum Gasteiger partial charge on any atom is 0.182 e. The smallest absolute Gasteiger partial charge is 0.182 e.